The Morgan fingerprint density at radius 1 is 0.952 bits per heavy atom. The molecular formula is C15H24N2O4. The number of nitrogens with zero attached hydrogens (tertiary/aromatic N) is 2. The van der Waals surface area contributed by atoms with E-state index < -0.39 is 12.2 Å². The monoisotopic (exact) mass is 296 g/mol. The second-order valence-corrected chi connectivity index (χ2v) is 7.30. The van der Waals surface area contributed by atoms with Crippen molar-refractivity contribution in [3.63, 3.8) is 0 Å². The molecule has 0 aromatic carbocycles. The number of hydrogen-bond acceptors (Lipinski definition) is 5. The lowest BCUT2D eigenvalue weighted by atomic mass is 9.70. The smallest absolute Gasteiger partial charge is 0.254 e. The number of hydrogen-bond donors (Lipinski definition) is 3. The summed E-state index contributed by atoms with van der Waals surface area (Å²) >= 11 is 0. The Hall–Kier alpha value is -0.690. The average molecular weight is 296 g/mol. The van der Waals surface area contributed by atoms with E-state index in [0.29, 0.717) is 30.8 Å². The van der Waals surface area contributed by atoms with Crippen LogP contribution in [0.25, 0.3) is 0 Å². The molecule has 0 aromatic heterocycles. The van der Waals surface area contributed by atoms with Crippen molar-refractivity contribution in [2.24, 2.45) is 11.8 Å². The zero-order valence-electron chi connectivity index (χ0n) is 12.1. The van der Waals surface area contributed by atoms with Crippen molar-refractivity contribution in [2.75, 3.05) is 19.6 Å². The number of rotatable bonds is 0. The van der Waals surface area contributed by atoms with Gasteiger partial charge in [-0.1, -0.05) is 0 Å². The minimum atomic E-state index is -1.26. The van der Waals surface area contributed by atoms with Crippen molar-refractivity contribution in [3.05, 3.63) is 0 Å². The second kappa shape index (κ2) is 4.91. The van der Waals surface area contributed by atoms with Gasteiger partial charge in [0.05, 0.1) is 12.2 Å². The summed E-state index contributed by atoms with van der Waals surface area (Å²) in [5.74, 6) is 0.473. The van der Waals surface area contributed by atoms with Crippen LogP contribution in [0, 0.1) is 11.8 Å². The molecule has 21 heavy (non-hydrogen) atoms. The van der Waals surface area contributed by atoms with E-state index in [1.807, 2.05) is 4.90 Å². The molecule has 6 nitrogen and oxygen atoms in total. The standard InChI is InChI=1S/C15H24N2O4/c18-10-1-2-16-6-8-3-9(11(16)4-10)7-17-12(8)5-13(19)14(20)15(17)21/h8-14,18-20H,1-7H2/t8-,9-,10+,11+,12-,13-,14+/m1/s1. The van der Waals surface area contributed by atoms with Crippen LogP contribution in [0.3, 0.4) is 0 Å². The highest BCUT2D eigenvalue weighted by atomic mass is 16.3. The van der Waals surface area contributed by atoms with Gasteiger partial charge in [-0.15, -0.1) is 0 Å². The Kier molecular flexibility index (Phi) is 3.26. The van der Waals surface area contributed by atoms with Gasteiger partial charge in [-0.3, -0.25) is 9.69 Å². The molecule has 2 bridgehead atoms. The van der Waals surface area contributed by atoms with Crippen LogP contribution in [0.5, 0.6) is 0 Å². The Morgan fingerprint density at radius 2 is 1.71 bits per heavy atom. The predicted octanol–water partition coefficient (Wildman–Crippen LogP) is -1.22. The normalized spacial score (nSPS) is 50.5. The quantitative estimate of drug-likeness (QED) is 0.522. The third-order valence-corrected chi connectivity index (χ3v) is 6.11. The summed E-state index contributed by atoms with van der Waals surface area (Å²) in [5, 5.41) is 29.7. The minimum Gasteiger partial charge on any atom is -0.393 e. The molecule has 7 atom stereocenters. The molecule has 4 fully saturated rings. The summed E-state index contributed by atoms with van der Waals surface area (Å²) in [6, 6.07) is 0.433. The Labute approximate surface area is 124 Å². The zero-order valence-corrected chi connectivity index (χ0v) is 12.1. The summed E-state index contributed by atoms with van der Waals surface area (Å²) in [6.45, 7) is 2.55. The molecule has 0 radical (unpaired) electrons. The Morgan fingerprint density at radius 3 is 2.52 bits per heavy atom. The van der Waals surface area contributed by atoms with Crippen molar-refractivity contribution in [1.82, 2.24) is 9.80 Å². The molecule has 4 aliphatic rings. The van der Waals surface area contributed by atoms with Crippen LogP contribution < -0.4 is 0 Å². The summed E-state index contributed by atoms with van der Waals surface area (Å²) in [6.07, 6.45) is 0.811. The molecule has 0 spiro atoms. The molecule has 0 aromatic rings. The van der Waals surface area contributed by atoms with Gasteiger partial charge in [-0.05, 0) is 37.5 Å². The highest BCUT2D eigenvalue weighted by Crippen LogP contribution is 2.43. The van der Waals surface area contributed by atoms with Gasteiger partial charge in [0.1, 0.15) is 0 Å². The van der Waals surface area contributed by atoms with Crippen molar-refractivity contribution < 1.29 is 20.1 Å². The number of piperidine rings is 4. The summed E-state index contributed by atoms with van der Waals surface area (Å²) < 4.78 is 0. The van der Waals surface area contributed by atoms with Crippen molar-refractivity contribution >= 4 is 5.91 Å². The van der Waals surface area contributed by atoms with E-state index in [1.54, 1.807) is 0 Å². The maximum absolute atomic E-state index is 12.3. The first-order valence-corrected chi connectivity index (χ1v) is 8.13. The van der Waals surface area contributed by atoms with Gasteiger partial charge in [-0.2, -0.15) is 0 Å². The zero-order chi connectivity index (χ0) is 14.7. The molecule has 6 heteroatoms. The van der Waals surface area contributed by atoms with E-state index in [0.717, 1.165) is 32.4 Å². The topological polar surface area (TPSA) is 84.2 Å². The van der Waals surface area contributed by atoms with Crippen LogP contribution >= 0.6 is 0 Å². The van der Waals surface area contributed by atoms with Gasteiger partial charge in [0.25, 0.3) is 5.91 Å². The molecule has 4 heterocycles. The third kappa shape index (κ3) is 2.11. The average Bonchev–Trinajstić information content (AvgIpc) is 2.47. The van der Waals surface area contributed by atoms with Gasteiger partial charge in [-0.25, -0.2) is 0 Å². The third-order valence-electron chi connectivity index (χ3n) is 6.11. The fourth-order valence-corrected chi connectivity index (χ4v) is 5.07. The number of amides is 1. The van der Waals surface area contributed by atoms with Gasteiger partial charge in [0.15, 0.2) is 6.10 Å². The Balaban J connectivity index is 1.58. The van der Waals surface area contributed by atoms with Crippen LogP contribution in [0.4, 0.5) is 0 Å². The minimum absolute atomic E-state index is 0.0694. The van der Waals surface area contributed by atoms with Crippen LogP contribution in [0.1, 0.15) is 25.7 Å². The SMILES string of the molecule is O=C1[C@@H](O)[C@H](O)C[C@@H]2[C@@H]3C[C@H](CN12)[C@@H]1C[C@@H](O)CCN1C3. The van der Waals surface area contributed by atoms with Crippen LogP contribution in [0.2, 0.25) is 0 Å². The largest absolute Gasteiger partial charge is 0.393 e. The predicted molar refractivity (Wildman–Crippen MR) is 74.3 cm³/mol. The number of aliphatic hydroxyl groups is 3. The van der Waals surface area contributed by atoms with Gasteiger partial charge >= 0.3 is 0 Å². The van der Waals surface area contributed by atoms with Crippen LogP contribution in [0.15, 0.2) is 0 Å². The molecule has 3 N–H and O–H groups in total. The summed E-state index contributed by atoms with van der Waals surface area (Å²) in [7, 11) is 0. The van der Waals surface area contributed by atoms with E-state index in [1.165, 1.54) is 0 Å². The van der Waals surface area contributed by atoms with Gasteiger partial charge < -0.3 is 20.2 Å². The van der Waals surface area contributed by atoms with E-state index >= 15 is 0 Å². The highest BCUT2D eigenvalue weighted by molar-refractivity contribution is 5.82. The molecule has 4 saturated heterocycles. The lowest BCUT2D eigenvalue weighted by Gasteiger charge is -2.58. The van der Waals surface area contributed by atoms with Crippen LogP contribution in [-0.4, -0.2) is 81.1 Å². The van der Waals surface area contributed by atoms with E-state index in [4.69, 9.17) is 0 Å². The fraction of sp³-hybridized carbons (Fsp3) is 0.933. The van der Waals surface area contributed by atoms with Crippen molar-refractivity contribution in [1.29, 1.82) is 0 Å². The van der Waals surface area contributed by atoms with Crippen LogP contribution in [-0.2, 0) is 4.79 Å². The molecule has 4 rings (SSSR count). The lowest BCUT2D eigenvalue weighted by molar-refractivity contribution is -0.173. The summed E-state index contributed by atoms with van der Waals surface area (Å²) in [4.78, 5) is 16.6. The molecular weight excluding hydrogens is 272 g/mol. The second-order valence-electron chi connectivity index (χ2n) is 7.30. The number of aliphatic hydroxyl groups excluding tert-OH is 3. The molecule has 118 valence electrons. The Bertz CT molecular complexity index is 445. The number of carbonyl (C=O) groups is 1. The molecule has 4 aliphatic heterocycles. The fourth-order valence-electron chi connectivity index (χ4n) is 5.07. The number of carbonyl (C=O) groups excluding carboxylic acids is 1. The maximum atomic E-state index is 12.3. The lowest BCUT2D eigenvalue weighted by Crippen LogP contribution is -2.68. The highest BCUT2D eigenvalue weighted by Gasteiger charge is 2.52. The van der Waals surface area contributed by atoms with Crippen molar-refractivity contribution in [3.8, 4) is 0 Å². The van der Waals surface area contributed by atoms with Gasteiger partial charge in [0.2, 0.25) is 0 Å². The maximum Gasteiger partial charge on any atom is 0.254 e. The van der Waals surface area contributed by atoms with E-state index in [2.05, 4.69) is 4.90 Å². The van der Waals surface area contributed by atoms with Gasteiger partial charge in [0, 0.05) is 31.7 Å². The first kappa shape index (κ1) is 13.9. The molecule has 1 amide bonds. The summed E-state index contributed by atoms with van der Waals surface area (Å²) in [5.41, 5.74) is 0. The molecule has 0 saturated carbocycles. The first-order chi connectivity index (χ1) is 10.0. The number of fused-ring (bicyclic) bond motifs is 6. The van der Waals surface area contributed by atoms with Crippen molar-refractivity contribution in [2.45, 2.75) is 56.1 Å². The first-order valence-electron chi connectivity index (χ1n) is 8.13. The molecule has 0 aliphatic carbocycles. The van der Waals surface area contributed by atoms with E-state index in [-0.39, 0.29) is 18.1 Å². The molecule has 0 unspecified atom stereocenters. The van der Waals surface area contributed by atoms with E-state index in [9.17, 15) is 20.1 Å².